The molecule has 0 aromatic heterocycles. The highest BCUT2D eigenvalue weighted by atomic mass is 19.1. The molecule has 0 spiro atoms. The fourth-order valence-electron chi connectivity index (χ4n) is 4.24. The second-order valence-electron chi connectivity index (χ2n) is 7.94. The third kappa shape index (κ3) is 3.36. The van der Waals surface area contributed by atoms with Crippen LogP contribution < -0.4 is 9.64 Å². The Morgan fingerprint density at radius 3 is 1.90 bits per heavy atom. The van der Waals surface area contributed by atoms with Crippen LogP contribution in [0.2, 0.25) is 0 Å². The summed E-state index contributed by atoms with van der Waals surface area (Å²) in [5.74, 6) is 0.954. The van der Waals surface area contributed by atoms with Crippen molar-refractivity contribution in [2.24, 2.45) is 0 Å². The van der Waals surface area contributed by atoms with Crippen molar-refractivity contribution in [3.63, 3.8) is 0 Å². The average molecular weight is 403 g/mol. The molecule has 0 aliphatic carbocycles. The third-order valence-corrected chi connectivity index (χ3v) is 5.80. The second-order valence-corrected chi connectivity index (χ2v) is 7.94. The first kappa shape index (κ1) is 18.9. The van der Waals surface area contributed by atoms with Gasteiger partial charge in [-0.2, -0.15) is 0 Å². The van der Waals surface area contributed by atoms with E-state index in [4.69, 9.17) is 4.74 Å². The molecule has 30 heavy (non-hydrogen) atoms. The van der Waals surface area contributed by atoms with Crippen LogP contribution in [0.3, 0.4) is 0 Å². The Balaban J connectivity index is 1.65. The zero-order chi connectivity index (χ0) is 20.7. The zero-order valence-corrected chi connectivity index (χ0v) is 16.9. The summed E-state index contributed by atoms with van der Waals surface area (Å²) >= 11 is 0. The summed E-state index contributed by atoms with van der Waals surface area (Å²) in [6, 6.07) is 17.5. The van der Waals surface area contributed by atoms with Gasteiger partial charge >= 0.3 is 0 Å². The predicted molar refractivity (Wildman–Crippen MR) is 119 cm³/mol. The molecular weight excluding hydrogens is 380 g/mol. The molecule has 0 unspecified atom stereocenters. The summed E-state index contributed by atoms with van der Waals surface area (Å²) in [4.78, 5) is 2.26. The normalized spacial score (nSPS) is 12.7. The smallest absolute Gasteiger partial charge is 0.151 e. The van der Waals surface area contributed by atoms with Crippen LogP contribution >= 0.6 is 0 Å². The van der Waals surface area contributed by atoms with Gasteiger partial charge < -0.3 is 9.64 Å². The van der Waals surface area contributed by atoms with Crippen molar-refractivity contribution in [3.05, 3.63) is 72.3 Å². The number of rotatable bonds is 5. The number of unbranched alkanes of at least 4 members (excludes halogenated alkanes) is 3. The van der Waals surface area contributed by atoms with Gasteiger partial charge in [0.15, 0.2) is 11.5 Å². The van der Waals surface area contributed by atoms with E-state index in [-0.39, 0.29) is 11.6 Å². The summed E-state index contributed by atoms with van der Waals surface area (Å²) in [6.07, 6.45) is 4.58. The summed E-state index contributed by atoms with van der Waals surface area (Å²) in [6.45, 7) is 3.04. The van der Waals surface area contributed by atoms with Gasteiger partial charge in [-0.1, -0.05) is 38.3 Å². The van der Waals surface area contributed by atoms with Crippen molar-refractivity contribution in [1.29, 1.82) is 0 Å². The molecule has 4 heteroatoms. The SMILES string of the molecule is CCCCCCN1c2cc3ccc(F)cc3cc2Oc2cc3ccc(F)cc3cc21. The maximum absolute atomic E-state index is 13.8. The minimum Gasteiger partial charge on any atom is -0.453 e. The molecule has 1 aliphatic rings. The largest absolute Gasteiger partial charge is 0.453 e. The van der Waals surface area contributed by atoms with E-state index in [0.29, 0.717) is 0 Å². The van der Waals surface area contributed by atoms with Gasteiger partial charge in [0.1, 0.15) is 11.6 Å². The minimum absolute atomic E-state index is 0.248. The molecule has 0 bridgehead atoms. The van der Waals surface area contributed by atoms with Crippen LogP contribution in [0.25, 0.3) is 21.5 Å². The minimum atomic E-state index is -0.261. The Labute approximate surface area is 174 Å². The Hall–Kier alpha value is -3.14. The van der Waals surface area contributed by atoms with Crippen molar-refractivity contribution in [2.75, 3.05) is 11.4 Å². The van der Waals surface area contributed by atoms with Gasteiger partial charge in [-0.15, -0.1) is 0 Å². The molecule has 2 nitrogen and oxygen atoms in total. The topological polar surface area (TPSA) is 12.5 Å². The van der Waals surface area contributed by atoms with Crippen LogP contribution in [0.4, 0.5) is 20.2 Å². The van der Waals surface area contributed by atoms with Gasteiger partial charge in [-0.05, 0) is 76.5 Å². The summed E-state index contributed by atoms with van der Waals surface area (Å²) < 4.78 is 33.8. The molecule has 1 heterocycles. The average Bonchev–Trinajstić information content (AvgIpc) is 2.73. The molecule has 0 atom stereocenters. The summed E-state index contributed by atoms with van der Waals surface area (Å²) in [5, 5.41) is 3.55. The van der Waals surface area contributed by atoms with E-state index in [2.05, 4.69) is 17.9 Å². The highest BCUT2D eigenvalue weighted by Gasteiger charge is 2.25. The Kier molecular flexibility index (Phi) is 4.78. The quantitative estimate of drug-likeness (QED) is 0.312. The lowest BCUT2D eigenvalue weighted by molar-refractivity contribution is 0.473. The zero-order valence-electron chi connectivity index (χ0n) is 16.9. The van der Waals surface area contributed by atoms with Crippen LogP contribution in [0.5, 0.6) is 11.5 Å². The lowest BCUT2D eigenvalue weighted by atomic mass is 10.0. The van der Waals surface area contributed by atoms with Crippen molar-refractivity contribution >= 4 is 32.9 Å². The van der Waals surface area contributed by atoms with E-state index in [1.807, 2.05) is 18.2 Å². The maximum atomic E-state index is 13.8. The van der Waals surface area contributed by atoms with E-state index in [1.165, 1.54) is 31.0 Å². The molecule has 4 aromatic carbocycles. The highest BCUT2D eigenvalue weighted by molar-refractivity contribution is 5.96. The Morgan fingerprint density at radius 1 is 0.667 bits per heavy atom. The first-order valence-corrected chi connectivity index (χ1v) is 10.5. The van der Waals surface area contributed by atoms with Crippen molar-refractivity contribution in [1.82, 2.24) is 0 Å². The first-order chi connectivity index (χ1) is 14.6. The number of benzene rings is 4. The molecule has 0 saturated carbocycles. The second kappa shape index (κ2) is 7.60. The molecule has 0 radical (unpaired) electrons. The number of halogens is 2. The molecule has 4 aromatic rings. The summed E-state index contributed by atoms with van der Waals surface area (Å²) in [7, 11) is 0. The third-order valence-electron chi connectivity index (χ3n) is 5.80. The van der Waals surface area contributed by atoms with Gasteiger partial charge in [-0.3, -0.25) is 0 Å². The molecule has 0 N–H and O–H groups in total. The molecule has 1 aliphatic heterocycles. The van der Waals surface area contributed by atoms with Gasteiger partial charge in [-0.25, -0.2) is 8.78 Å². The molecule has 5 rings (SSSR count). The number of hydrogen-bond donors (Lipinski definition) is 0. The van der Waals surface area contributed by atoms with Crippen LogP contribution in [0.15, 0.2) is 60.7 Å². The van der Waals surface area contributed by atoms with Crippen LogP contribution in [-0.2, 0) is 0 Å². The molecule has 0 amide bonds. The fourth-order valence-corrected chi connectivity index (χ4v) is 4.24. The van der Waals surface area contributed by atoms with E-state index in [1.54, 1.807) is 18.2 Å². The lowest BCUT2D eigenvalue weighted by Gasteiger charge is -2.33. The van der Waals surface area contributed by atoms with Crippen LogP contribution in [-0.4, -0.2) is 6.54 Å². The Morgan fingerprint density at radius 2 is 1.23 bits per heavy atom. The number of fused-ring (bicyclic) bond motifs is 4. The van der Waals surface area contributed by atoms with E-state index in [0.717, 1.165) is 63.8 Å². The number of nitrogens with zero attached hydrogens (tertiary/aromatic N) is 1. The lowest BCUT2D eigenvalue weighted by Crippen LogP contribution is -2.22. The molecule has 152 valence electrons. The Bertz CT molecular complexity index is 1250. The van der Waals surface area contributed by atoms with Crippen molar-refractivity contribution < 1.29 is 13.5 Å². The van der Waals surface area contributed by atoms with Gasteiger partial charge in [0.2, 0.25) is 0 Å². The van der Waals surface area contributed by atoms with E-state index < -0.39 is 0 Å². The van der Waals surface area contributed by atoms with Gasteiger partial charge in [0.05, 0.1) is 11.4 Å². The number of hydrogen-bond acceptors (Lipinski definition) is 2. The number of ether oxygens (including phenoxy) is 1. The number of anilines is 2. The summed E-state index contributed by atoms with van der Waals surface area (Å²) in [5.41, 5.74) is 1.91. The van der Waals surface area contributed by atoms with Crippen LogP contribution in [0, 0.1) is 11.6 Å². The fraction of sp³-hybridized carbons (Fsp3) is 0.231. The van der Waals surface area contributed by atoms with E-state index in [9.17, 15) is 8.78 Å². The molecule has 0 saturated heterocycles. The van der Waals surface area contributed by atoms with Gasteiger partial charge in [0, 0.05) is 6.54 Å². The molecular formula is C26H23F2NO. The van der Waals surface area contributed by atoms with Crippen molar-refractivity contribution in [2.45, 2.75) is 32.6 Å². The van der Waals surface area contributed by atoms with Gasteiger partial charge in [0.25, 0.3) is 0 Å². The first-order valence-electron chi connectivity index (χ1n) is 10.5. The monoisotopic (exact) mass is 403 g/mol. The van der Waals surface area contributed by atoms with Crippen molar-refractivity contribution in [3.8, 4) is 11.5 Å². The maximum Gasteiger partial charge on any atom is 0.151 e. The predicted octanol–water partition coefficient (Wildman–Crippen LogP) is 8.10. The van der Waals surface area contributed by atoms with Crippen LogP contribution in [0.1, 0.15) is 32.6 Å². The highest BCUT2D eigenvalue weighted by Crippen LogP contribution is 2.49. The standard InChI is InChI=1S/C26H23F2NO/c1-2-3-4-5-10-29-23-13-17-6-8-22(28)12-20(17)16-26(23)30-25-15-18-7-9-21(27)11-19(18)14-24(25)29/h6-9,11-16H,2-5,10H2,1H3. The van der Waals surface area contributed by atoms with E-state index >= 15 is 0 Å². The molecule has 0 fully saturated rings.